The van der Waals surface area contributed by atoms with Crippen molar-refractivity contribution in [1.82, 2.24) is 31.2 Å². The maximum Gasteiger partial charge on any atom is 0.243 e. The van der Waals surface area contributed by atoms with Gasteiger partial charge in [0, 0.05) is 43.2 Å². The number of amides is 5. The Bertz CT molecular complexity index is 1570. The molecule has 0 bridgehead atoms. The number of nitrogens with one attached hydrogen (secondary N) is 5. The number of aromatic amines is 1. The van der Waals surface area contributed by atoms with Crippen LogP contribution in [0.1, 0.15) is 82.6 Å². The van der Waals surface area contributed by atoms with Crippen LogP contribution in [-0.4, -0.2) is 95.2 Å². The summed E-state index contributed by atoms with van der Waals surface area (Å²) in [6.07, 6.45) is 9.94. The molecule has 51 heavy (non-hydrogen) atoms. The number of guanidine groups is 1. The Hall–Kier alpha value is -4.66. The molecule has 278 valence electrons. The van der Waals surface area contributed by atoms with E-state index in [2.05, 4.69) is 31.2 Å². The molecule has 15 nitrogen and oxygen atoms in total. The van der Waals surface area contributed by atoms with Gasteiger partial charge in [-0.1, -0.05) is 50.3 Å². The van der Waals surface area contributed by atoms with E-state index in [9.17, 15) is 24.0 Å². The second kappa shape index (κ2) is 18.0. The van der Waals surface area contributed by atoms with Crippen molar-refractivity contribution in [3.63, 3.8) is 0 Å². The number of aliphatic imine (C=N–C) groups is 1. The second-order valence-electron chi connectivity index (χ2n) is 14.2. The maximum atomic E-state index is 14.3. The molecule has 0 radical (unpaired) electrons. The van der Waals surface area contributed by atoms with Crippen LogP contribution in [0, 0.1) is 5.92 Å². The van der Waals surface area contributed by atoms with Crippen LogP contribution in [-0.2, 0) is 30.4 Å². The quantitative estimate of drug-likeness (QED) is 0.108. The van der Waals surface area contributed by atoms with Gasteiger partial charge in [0.25, 0.3) is 0 Å². The van der Waals surface area contributed by atoms with Gasteiger partial charge < -0.3 is 48.4 Å². The topological polar surface area (TPSA) is 243 Å². The smallest absolute Gasteiger partial charge is 0.243 e. The van der Waals surface area contributed by atoms with E-state index in [0.717, 1.165) is 48.6 Å². The summed E-state index contributed by atoms with van der Waals surface area (Å²) in [5.74, 6) is -2.00. The Morgan fingerprint density at radius 1 is 0.804 bits per heavy atom. The summed E-state index contributed by atoms with van der Waals surface area (Å²) in [4.78, 5) is 78.0. The van der Waals surface area contributed by atoms with Crippen LogP contribution in [0.5, 0.6) is 0 Å². The summed E-state index contributed by atoms with van der Waals surface area (Å²) in [7, 11) is 0. The number of carbonyl (C=O) groups excluding carboxylic acids is 5. The SMILES string of the molecule is NC(N)=NCCC[C@@H]1NC(=O)[C@H](Cc2c[nH]c3ccccc23)NC(=O)[C@@H](CC2CCCCC2)NC(=O)[C@@H]2CCCN2C(=O)[C@@H](N)CCCNC1=O. The third kappa shape index (κ3) is 10.2. The fourth-order valence-electron chi connectivity index (χ4n) is 7.60. The molecule has 2 saturated heterocycles. The Morgan fingerprint density at radius 3 is 2.31 bits per heavy atom. The molecule has 11 N–H and O–H groups in total. The van der Waals surface area contributed by atoms with Crippen LogP contribution in [0.2, 0.25) is 0 Å². The number of carbonyl (C=O) groups is 5. The van der Waals surface area contributed by atoms with Crippen LogP contribution >= 0.6 is 0 Å². The van der Waals surface area contributed by atoms with E-state index in [1.807, 2.05) is 30.5 Å². The zero-order chi connectivity index (χ0) is 36.3. The van der Waals surface area contributed by atoms with E-state index in [4.69, 9.17) is 17.2 Å². The van der Waals surface area contributed by atoms with Gasteiger partial charge in [-0.2, -0.15) is 0 Å². The highest BCUT2D eigenvalue weighted by Gasteiger charge is 2.39. The van der Waals surface area contributed by atoms with Gasteiger partial charge in [0.05, 0.1) is 6.04 Å². The van der Waals surface area contributed by atoms with Crippen molar-refractivity contribution in [2.24, 2.45) is 28.1 Å². The zero-order valence-corrected chi connectivity index (χ0v) is 29.3. The molecule has 1 aliphatic carbocycles. The van der Waals surface area contributed by atoms with Crippen molar-refractivity contribution in [3.8, 4) is 0 Å². The van der Waals surface area contributed by atoms with Crippen molar-refractivity contribution in [2.75, 3.05) is 19.6 Å². The maximum absolute atomic E-state index is 14.3. The molecule has 15 heteroatoms. The molecule has 3 heterocycles. The molecule has 0 spiro atoms. The number of H-pyrrole nitrogens is 1. The monoisotopic (exact) mass is 706 g/mol. The number of aromatic nitrogens is 1. The minimum atomic E-state index is -1.07. The lowest BCUT2D eigenvalue weighted by Crippen LogP contribution is -2.59. The van der Waals surface area contributed by atoms with Crippen molar-refractivity contribution >= 4 is 46.4 Å². The summed E-state index contributed by atoms with van der Waals surface area (Å²) in [6.45, 7) is 0.881. The van der Waals surface area contributed by atoms with Gasteiger partial charge in [-0.3, -0.25) is 29.0 Å². The van der Waals surface area contributed by atoms with Crippen LogP contribution in [0.25, 0.3) is 10.9 Å². The number of rotatable bonds is 8. The minimum Gasteiger partial charge on any atom is -0.370 e. The lowest BCUT2D eigenvalue weighted by atomic mass is 9.84. The van der Waals surface area contributed by atoms with E-state index in [0.29, 0.717) is 45.1 Å². The van der Waals surface area contributed by atoms with Gasteiger partial charge in [0.15, 0.2) is 5.96 Å². The van der Waals surface area contributed by atoms with Gasteiger partial charge in [0.1, 0.15) is 24.2 Å². The number of benzene rings is 1. The van der Waals surface area contributed by atoms with Crippen molar-refractivity contribution in [2.45, 2.75) is 114 Å². The predicted molar refractivity (Wildman–Crippen MR) is 194 cm³/mol. The molecule has 5 rings (SSSR count). The number of nitrogens with two attached hydrogens (primary N) is 3. The van der Waals surface area contributed by atoms with Gasteiger partial charge in [-0.15, -0.1) is 0 Å². The van der Waals surface area contributed by atoms with Gasteiger partial charge in [-0.05, 0) is 62.5 Å². The molecule has 2 aliphatic heterocycles. The molecule has 2 aromatic rings. The number of hydrogen-bond donors (Lipinski definition) is 8. The third-order valence-electron chi connectivity index (χ3n) is 10.4. The normalized spacial score (nSPS) is 26.3. The highest BCUT2D eigenvalue weighted by atomic mass is 16.2. The number of para-hydroxylation sites is 1. The first-order valence-electron chi connectivity index (χ1n) is 18.5. The summed E-state index contributed by atoms with van der Waals surface area (Å²) < 4.78 is 0. The summed E-state index contributed by atoms with van der Waals surface area (Å²) in [5, 5.41) is 12.6. The van der Waals surface area contributed by atoms with Crippen LogP contribution in [0.15, 0.2) is 35.5 Å². The van der Waals surface area contributed by atoms with Crippen LogP contribution in [0.3, 0.4) is 0 Å². The molecular formula is C36H54N10O5. The Morgan fingerprint density at radius 2 is 1.53 bits per heavy atom. The highest BCUT2D eigenvalue weighted by molar-refractivity contribution is 5.96. The first-order chi connectivity index (χ1) is 24.6. The fraction of sp³-hybridized carbons (Fsp3) is 0.611. The summed E-state index contributed by atoms with van der Waals surface area (Å²) in [5.41, 5.74) is 19.0. The fourth-order valence-corrected chi connectivity index (χ4v) is 7.60. The zero-order valence-electron chi connectivity index (χ0n) is 29.3. The van der Waals surface area contributed by atoms with E-state index < -0.39 is 53.8 Å². The van der Waals surface area contributed by atoms with Gasteiger partial charge in [0.2, 0.25) is 29.5 Å². The largest absolute Gasteiger partial charge is 0.370 e. The Kier molecular flexibility index (Phi) is 13.3. The molecule has 5 atom stereocenters. The summed E-state index contributed by atoms with van der Waals surface area (Å²) >= 11 is 0. The highest BCUT2D eigenvalue weighted by Crippen LogP contribution is 2.28. The van der Waals surface area contributed by atoms with Gasteiger partial charge >= 0.3 is 0 Å². The van der Waals surface area contributed by atoms with E-state index in [-0.39, 0.29) is 43.7 Å². The van der Waals surface area contributed by atoms with Gasteiger partial charge in [-0.25, -0.2) is 0 Å². The molecule has 0 unspecified atom stereocenters. The molecule has 5 amide bonds. The molecule has 3 aliphatic rings. The molecule has 1 saturated carbocycles. The first kappa shape index (κ1) is 37.6. The Balaban J connectivity index is 1.46. The molecule has 1 aromatic heterocycles. The van der Waals surface area contributed by atoms with E-state index >= 15 is 0 Å². The van der Waals surface area contributed by atoms with E-state index in [1.54, 1.807) is 0 Å². The van der Waals surface area contributed by atoms with Crippen LogP contribution < -0.4 is 38.5 Å². The van der Waals surface area contributed by atoms with Crippen molar-refractivity contribution < 1.29 is 24.0 Å². The average molecular weight is 707 g/mol. The summed E-state index contributed by atoms with van der Waals surface area (Å²) in [6, 6.07) is 3.13. The molecular weight excluding hydrogens is 652 g/mol. The third-order valence-corrected chi connectivity index (χ3v) is 10.4. The number of nitrogens with zero attached hydrogens (tertiary/aromatic N) is 2. The minimum absolute atomic E-state index is 0.0734. The lowest BCUT2D eigenvalue weighted by molar-refractivity contribution is -0.140. The standard InChI is InChI=1S/C36H54N10O5/c37-25-12-6-16-40-31(47)27(14-7-17-41-36(38)39)43-33(49)29(20-23-21-42-26-13-5-4-11-24(23)26)44-32(48)28(19-22-9-2-1-3-10-22)45-34(50)30-15-8-18-46(30)35(25)51/h4-5,11,13,21-22,25,27-30,42H,1-3,6-10,12,14-20,37H2,(H,40,47)(H,43,49)(H,44,48)(H,45,50)(H4,38,39,41)/t25-,27-,28+,29-,30-/m0/s1. The van der Waals surface area contributed by atoms with Crippen LogP contribution in [0.4, 0.5) is 0 Å². The van der Waals surface area contributed by atoms with Crippen molar-refractivity contribution in [1.29, 1.82) is 0 Å². The predicted octanol–water partition coefficient (Wildman–Crippen LogP) is 0.417. The number of fused-ring (bicyclic) bond motifs is 2. The second-order valence-corrected chi connectivity index (χ2v) is 14.2. The molecule has 3 fully saturated rings. The lowest BCUT2D eigenvalue weighted by Gasteiger charge is -2.31. The molecule has 1 aromatic carbocycles. The van der Waals surface area contributed by atoms with E-state index in [1.165, 1.54) is 4.90 Å². The first-order valence-corrected chi connectivity index (χ1v) is 18.5. The Labute approximate surface area is 298 Å². The van der Waals surface area contributed by atoms with Crippen molar-refractivity contribution in [3.05, 3.63) is 36.0 Å². The number of hydrogen-bond acceptors (Lipinski definition) is 7. The average Bonchev–Trinajstić information content (AvgIpc) is 3.78.